The summed E-state index contributed by atoms with van der Waals surface area (Å²) in [5.74, 6) is -0.999. The summed E-state index contributed by atoms with van der Waals surface area (Å²) >= 11 is 0. The lowest BCUT2D eigenvalue weighted by molar-refractivity contribution is 0.0691. The molecule has 94 valence electrons. The molecule has 6 heteroatoms. The number of hydrogen-bond acceptors (Lipinski definition) is 4. The Morgan fingerprint density at radius 1 is 1.44 bits per heavy atom. The first-order valence-electron chi connectivity index (χ1n) is 6.04. The minimum Gasteiger partial charge on any atom is -0.476 e. The number of carboxylic acids is 1. The number of carbonyl (C=O) groups is 1. The van der Waals surface area contributed by atoms with Gasteiger partial charge in [-0.1, -0.05) is 0 Å². The molecule has 0 radical (unpaired) electrons. The summed E-state index contributed by atoms with van der Waals surface area (Å²) in [6.07, 6.45) is 3.58. The van der Waals surface area contributed by atoms with E-state index in [1.54, 1.807) is 23.0 Å². The molecule has 0 saturated carbocycles. The zero-order valence-electron chi connectivity index (χ0n) is 9.83. The maximum atomic E-state index is 11.2. The van der Waals surface area contributed by atoms with Gasteiger partial charge in [0.05, 0.1) is 11.4 Å². The van der Waals surface area contributed by atoms with Crippen molar-refractivity contribution < 1.29 is 9.90 Å². The summed E-state index contributed by atoms with van der Waals surface area (Å²) in [5.41, 5.74) is 0.762. The van der Waals surface area contributed by atoms with Gasteiger partial charge in [0.15, 0.2) is 11.3 Å². The lowest BCUT2D eigenvalue weighted by Crippen LogP contribution is -2.30. The van der Waals surface area contributed by atoms with Gasteiger partial charge in [-0.2, -0.15) is 5.10 Å². The van der Waals surface area contributed by atoms with E-state index in [0.29, 0.717) is 11.0 Å². The summed E-state index contributed by atoms with van der Waals surface area (Å²) < 4.78 is 1.78. The Morgan fingerprint density at radius 3 is 2.94 bits per heavy atom. The molecular weight excluding hydrogens is 232 g/mol. The third-order valence-corrected chi connectivity index (χ3v) is 3.32. The van der Waals surface area contributed by atoms with Gasteiger partial charge in [-0.05, 0) is 38.1 Å². The monoisotopic (exact) mass is 246 g/mol. The van der Waals surface area contributed by atoms with Crippen molar-refractivity contribution in [3.8, 4) is 0 Å². The molecule has 0 amide bonds. The Labute approximate surface area is 104 Å². The highest BCUT2D eigenvalue weighted by Crippen LogP contribution is 2.24. The maximum Gasteiger partial charge on any atom is 0.357 e. The average molecular weight is 246 g/mol. The van der Waals surface area contributed by atoms with Crippen LogP contribution in [0, 0.1) is 0 Å². The van der Waals surface area contributed by atoms with Gasteiger partial charge in [0.2, 0.25) is 0 Å². The van der Waals surface area contributed by atoms with Gasteiger partial charge in [-0.25, -0.2) is 14.5 Å². The first kappa shape index (κ1) is 11.2. The molecule has 3 heterocycles. The lowest BCUT2D eigenvalue weighted by Gasteiger charge is -2.23. The minimum absolute atomic E-state index is 0.0941. The molecule has 0 spiro atoms. The van der Waals surface area contributed by atoms with Gasteiger partial charge in [0.1, 0.15) is 0 Å². The largest absolute Gasteiger partial charge is 0.476 e. The second kappa shape index (κ2) is 4.38. The zero-order chi connectivity index (χ0) is 12.5. The summed E-state index contributed by atoms with van der Waals surface area (Å²) in [6.45, 7) is 1.86. The van der Waals surface area contributed by atoms with Gasteiger partial charge < -0.3 is 10.4 Å². The third kappa shape index (κ3) is 1.74. The van der Waals surface area contributed by atoms with Crippen LogP contribution in [0.15, 0.2) is 18.3 Å². The van der Waals surface area contributed by atoms with Crippen molar-refractivity contribution in [3.05, 3.63) is 24.0 Å². The molecule has 0 atom stereocenters. The van der Waals surface area contributed by atoms with E-state index in [1.165, 1.54) is 0 Å². The molecule has 3 rings (SSSR count). The van der Waals surface area contributed by atoms with E-state index in [-0.39, 0.29) is 11.7 Å². The van der Waals surface area contributed by atoms with E-state index in [0.717, 1.165) is 25.9 Å². The van der Waals surface area contributed by atoms with E-state index >= 15 is 0 Å². The Morgan fingerprint density at radius 2 is 2.22 bits per heavy atom. The predicted molar refractivity (Wildman–Crippen MR) is 65.6 cm³/mol. The number of aromatic nitrogens is 3. The lowest BCUT2D eigenvalue weighted by atomic mass is 10.1. The van der Waals surface area contributed by atoms with E-state index in [1.807, 2.05) is 0 Å². The van der Waals surface area contributed by atoms with Gasteiger partial charge in [0, 0.05) is 6.20 Å². The molecule has 2 N–H and O–H groups in total. The molecule has 0 unspecified atom stereocenters. The van der Waals surface area contributed by atoms with Crippen LogP contribution in [0.4, 0.5) is 0 Å². The van der Waals surface area contributed by atoms with Crippen molar-refractivity contribution in [1.29, 1.82) is 0 Å². The number of hydrogen-bond donors (Lipinski definition) is 2. The Hall–Kier alpha value is -1.95. The van der Waals surface area contributed by atoms with Crippen LogP contribution in [0.5, 0.6) is 0 Å². The van der Waals surface area contributed by atoms with Crippen LogP contribution in [-0.2, 0) is 0 Å². The fraction of sp³-hybridized carbons (Fsp3) is 0.417. The molecule has 6 nitrogen and oxygen atoms in total. The number of piperidine rings is 1. The highest BCUT2D eigenvalue weighted by atomic mass is 16.4. The van der Waals surface area contributed by atoms with Crippen molar-refractivity contribution in [2.75, 3.05) is 13.1 Å². The number of aromatic carboxylic acids is 1. The SMILES string of the molecule is O=C(O)c1nn(C2CCNCC2)c2ncccc12. The van der Waals surface area contributed by atoms with Crippen molar-refractivity contribution in [3.63, 3.8) is 0 Å². The van der Waals surface area contributed by atoms with Crippen LogP contribution in [-0.4, -0.2) is 38.9 Å². The average Bonchev–Trinajstić information content (AvgIpc) is 2.79. The molecular formula is C12H14N4O2. The molecule has 1 aliphatic heterocycles. The van der Waals surface area contributed by atoms with Crippen LogP contribution in [0.25, 0.3) is 11.0 Å². The minimum atomic E-state index is -0.999. The summed E-state index contributed by atoms with van der Waals surface area (Å²) in [4.78, 5) is 15.5. The number of pyridine rings is 1. The van der Waals surface area contributed by atoms with Crippen LogP contribution in [0.2, 0.25) is 0 Å². The quantitative estimate of drug-likeness (QED) is 0.828. The van der Waals surface area contributed by atoms with Crippen LogP contribution >= 0.6 is 0 Å². The Kier molecular flexibility index (Phi) is 2.71. The van der Waals surface area contributed by atoms with Crippen molar-refractivity contribution >= 4 is 17.0 Å². The highest BCUT2D eigenvalue weighted by Gasteiger charge is 2.23. The van der Waals surface area contributed by atoms with Gasteiger partial charge in [-0.15, -0.1) is 0 Å². The molecule has 2 aromatic rings. The molecule has 1 saturated heterocycles. The smallest absolute Gasteiger partial charge is 0.357 e. The summed E-state index contributed by atoms with van der Waals surface area (Å²) in [7, 11) is 0. The molecule has 1 aliphatic rings. The van der Waals surface area contributed by atoms with Gasteiger partial charge in [0.25, 0.3) is 0 Å². The fourth-order valence-corrected chi connectivity index (χ4v) is 2.44. The van der Waals surface area contributed by atoms with E-state index in [4.69, 9.17) is 0 Å². The number of carboxylic acid groups (broad SMARTS) is 1. The van der Waals surface area contributed by atoms with Crippen molar-refractivity contribution in [2.45, 2.75) is 18.9 Å². The number of fused-ring (bicyclic) bond motifs is 1. The molecule has 2 aromatic heterocycles. The molecule has 0 aliphatic carbocycles. The third-order valence-electron chi connectivity index (χ3n) is 3.32. The second-order valence-electron chi connectivity index (χ2n) is 4.45. The van der Waals surface area contributed by atoms with Crippen LogP contribution in [0.1, 0.15) is 29.4 Å². The van der Waals surface area contributed by atoms with Crippen molar-refractivity contribution in [2.24, 2.45) is 0 Å². The maximum absolute atomic E-state index is 11.2. The van der Waals surface area contributed by atoms with Crippen molar-refractivity contribution in [1.82, 2.24) is 20.1 Å². The fourth-order valence-electron chi connectivity index (χ4n) is 2.44. The van der Waals surface area contributed by atoms with E-state index < -0.39 is 5.97 Å². The standard InChI is InChI=1S/C12H14N4O2/c17-12(18)10-9-2-1-5-14-11(9)16(15-10)8-3-6-13-7-4-8/h1-2,5,8,13H,3-4,6-7H2,(H,17,18). The molecule has 1 fully saturated rings. The van der Waals surface area contributed by atoms with Gasteiger partial charge >= 0.3 is 5.97 Å². The predicted octanol–water partition coefficient (Wildman–Crippen LogP) is 1.05. The normalized spacial score (nSPS) is 17.1. The van der Waals surface area contributed by atoms with E-state index in [9.17, 15) is 9.90 Å². The Bertz CT molecular complexity index is 587. The second-order valence-corrected chi connectivity index (χ2v) is 4.45. The van der Waals surface area contributed by atoms with Crippen LogP contribution in [0.3, 0.4) is 0 Å². The van der Waals surface area contributed by atoms with Gasteiger partial charge in [-0.3, -0.25) is 0 Å². The topological polar surface area (TPSA) is 80.0 Å². The number of rotatable bonds is 2. The zero-order valence-corrected chi connectivity index (χ0v) is 9.83. The number of nitrogens with zero attached hydrogens (tertiary/aromatic N) is 3. The highest BCUT2D eigenvalue weighted by molar-refractivity contribution is 5.99. The molecule has 0 bridgehead atoms. The summed E-state index contributed by atoms with van der Waals surface area (Å²) in [6, 6.07) is 3.73. The first-order valence-corrected chi connectivity index (χ1v) is 6.04. The Balaban J connectivity index is 2.13. The molecule has 0 aromatic carbocycles. The first-order chi connectivity index (χ1) is 8.77. The summed E-state index contributed by atoms with van der Waals surface area (Å²) in [5, 5.41) is 17.3. The molecule has 18 heavy (non-hydrogen) atoms. The van der Waals surface area contributed by atoms with E-state index in [2.05, 4.69) is 15.4 Å². The van der Waals surface area contributed by atoms with Crippen LogP contribution < -0.4 is 5.32 Å². The number of nitrogens with one attached hydrogen (secondary N) is 1.